The number of aryl methyl sites for hydroxylation is 1. The molecule has 2 amide bonds. The highest BCUT2D eigenvalue weighted by Gasteiger charge is 2.11. The summed E-state index contributed by atoms with van der Waals surface area (Å²) in [6.45, 7) is 2.00. The van der Waals surface area contributed by atoms with E-state index >= 15 is 0 Å². The largest absolute Gasteiger partial charge is 0.326 e. The van der Waals surface area contributed by atoms with Crippen molar-refractivity contribution in [1.29, 1.82) is 0 Å². The van der Waals surface area contributed by atoms with Gasteiger partial charge in [-0.2, -0.15) is 0 Å². The molecule has 0 bridgehead atoms. The average Bonchev–Trinajstić information content (AvgIpc) is 3.22. The molecule has 0 aliphatic rings. The lowest BCUT2D eigenvalue weighted by Crippen LogP contribution is -2.15. The first-order valence-corrected chi connectivity index (χ1v) is 9.47. The molecule has 3 aromatic rings. The van der Waals surface area contributed by atoms with Gasteiger partial charge in [-0.05, 0) is 30.5 Å². The number of benzene rings is 1. The average molecular weight is 371 g/mol. The molecule has 0 aliphatic heterocycles. The summed E-state index contributed by atoms with van der Waals surface area (Å²) in [5.74, 6) is -0.238. The third-order valence-electron chi connectivity index (χ3n) is 3.39. The van der Waals surface area contributed by atoms with Crippen LogP contribution in [0.3, 0.4) is 0 Å². The Hall–Kier alpha value is -2.51. The van der Waals surface area contributed by atoms with Gasteiger partial charge in [0.2, 0.25) is 11.8 Å². The molecular formula is C18H17N3O2S2. The molecule has 0 fully saturated rings. The molecule has 25 heavy (non-hydrogen) atoms. The van der Waals surface area contributed by atoms with E-state index in [0.29, 0.717) is 17.2 Å². The Morgan fingerprint density at radius 2 is 1.76 bits per heavy atom. The van der Waals surface area contributed by atoms with E-state index in [0.717, 1.165) is 16.1 Å². The van der Waals surface area contributed by atoms with Gasteiger partial charge < -0.3 is 10.6 Å². The molecule has 0 radical (unpaired) electrons. The van der Waals surface area contributed by atoms with Crippen molar-refractivity contribution < 1.29 is 9.59 Å². The van der Waals surface area contributed by atoms with Gasteiger partial charge in [0.1, 0.15) is 0 Å². The molecule has 2 N–H and O–H groups in total. The van der Waals surface area contributed by atoms with Crippen LogP contribution in [0.5, 0.6) is 0 Å². The predicted octanol–water partition coefficient (Wildman–Crippen LogP) is 3.88. The van der Waals surface area contributed by atoms with Crippen LogP contribution in [-0.4, -0.2) is 16.8 Å². The maximum absolute atomic E-state index is 12.1. The van der Waals surface area contributed by atoms with Gasteiger partial charge in [-0.25, -0.2) is 4.98 Å². The van der Waals surface area contributed by atoms with Crippen LogP contribution >= 0.6 is 22.7 Å². The fourth-order valence-corrected chi connectivity index (χ4v) is 3.62. The van der Waals surface area contributed by atoms with Gasteiger partial charge in [-0.3, -0.25) is 9.59 Å². The lowest BCUT2D eigenvalue weighted by Gasteiger charge is -2.04. The minimum Gasteiger partial charge on any atom is -0.326 e. The zero-order chi connectivity index (χ0) is 17.6. The van der Waals surface area contributed by atoms with Crippen LogP contribution in [-0.2, 0) is 22.4 Å². The summed E-state index contributed by atoms with van der Waals surface area (Å²) in [5, 5.41) is 9.85. The number of carbonyl (C=O) groups is 2. The van der Waals surface area contributed by atoms with Gasteiger partial charge in [-0.1, -0.05) is 23.8 Å². The van der Waals surface area contributed by atoms with Gasteiger partial charge >= 0.3 is 0 Å². The van der Waals surface area contributed by atoms with Crippen molar-refractivity contribution >= 4 is 45.3 Å². The molecule has 0 unspecified atom stereocenters. The molecule has 2 aromatic heterocycles. The van der Waals surface area contributed by atoms with E-state index in [9.17, 15) is 9.59 Å². The van der Waals surface area contributed by atoms with Crippen LogP contribution in [0.25, 0.3) is 0 Å². The van der Waals surface area contributed by atoms with Crippen LogP contribution in [0.2, 0.25) is 0 Å². The van der Waals surface area contributed by atoms with E-state index < -0.39 is 0 Å². The first-order valence-electron chi connectivity index (χ1n) is 7.71. The van der Waals surface area contributed by atoms with Crippen LogP contribution in [0, 0.1) is 6.92 Å². The van der Waals surface area contributed by atoms with Gasteiger partial charge in [0.25, 0.3) is 0 Å². The highest BCUT2D eigenvalue weighted by Crippen LogP contribution is 2.18. The summed E-state index contributed by atoms with van der Waals surface area (Å²) in [6, 6.07) is 11.5. The summed E-state index contributed by atoms with van der Waals surface area (Å²) >= 11 is 2.87. The number of rotatable bonds is 6. The molecule has 1 aromatic carbocycles. The number of hydrogen-bond donors (Lipinski definition) is 2. The first kappa shape index (κ1) is 17.3. The van der Waals surface area contributed by atoms with Crippen LogP contribution in [0.15, 0.2) is 47.2 Å². The first-order chi connectivity index (χ1) is 12.1. The lowest BCUT2D eigenvalue weighted by molar-refractivity contribution is -0.116. The van der Waals surface area contributed by atoms with Crippen molar-refractivity contribution in [2.75, 3.05) is 10.6 Å². The number of nitrogens with zero attached hydrogens (tertiary/aromatic N) is 1. The Morgan fingerprint density at radius 1 is 1.00 bits per heavy atom. The Labute approximate surface area is 153 Å². The van der Waals surface area contributed by atoms with E-state index in [1.54, 1.807) is 16.7 Å². The maximum atomic E-state index is 12.1. The summed E-state index contributed by atoms with van der Waals surface area (Å²) in [6.07, 6.45) is 0.506. The summed E-state index contributed by atoms with van der Waals surface area (Å²) in [7, 11) is 0. The molecular weight excluding hydrogens is 354 g/mol. The SMILES string of the molecule is Cc1ccc(NC(=O)Cc2csc(NC(=O)Cc3cccs3)n2)cc1. The fraction of sp³-hybridized carbons (Fsp3) is 0.167. The zero-order valence-electron chi connectivity index (χ0n) is 13.6. The van der Waals surface area contributed by atoms with E-state index in [1.165, 1.54) is 11.3 Å². The summed E-state index contributed by atoms with van der Waals surface area (Å²) < 4.78 is 0. The molecule has 2 heterocycles. The summed E-state index contributed by atoms with van der Waals surface area (Å²) in [4.78, 5) is 29.4. The monoisotopic (exact) mass is 371 g/mol. The van der Waals surface area contributed by atoms with Crippen molar-refractivity contribution in [3.05, 3.63) is 63.3 Å². The minimum absolute atomic E-state index is 0.104. The quantitative estimate of drug-likeness (QED) is 0.691. The Morgan fingerprint density at radius 3 is 2.48 bits per heavy atom. The Balaban J connectivity index is 1.51. The smallest absolute Gasteiger partial charge is 0.231 e. The van der Waals surface area contributed by atoms with E-state index in [4.69, 9.17) is 0 Å². The highest BCUT2D eigenvalue weighted by molar-refractivity contribution is 7.14. The molecule has 0 saturated heterocycles. The molecule has 0 aliphatic carbocycles. The minimum atomic E-state index is -0.134. The van der Waals surface area contributed by atoms with Crippen molar-refractivity contribution in [3.8, 4) is 0 Å². The topological polar surface area (TPSA) is 71.1 Å². The second kappa shape index (κ2) is 8.04. The summed E-state index contributed by atoms with van der Waals surface area (Å²) in [5.41, 5.74) is 2.54. The third kappa shape index (κ3) is 5.23. The normalized spacial score (nSPS) is 10.4. The molecule has 128 valence electrons. The third-order valence-corrected chi connectivity index (χ3v) is 5.07. The predicted molar refractivity (Wildman–Crippen MR) is 102 cm³/mol. The number of thiazole rings is 1. The second-order valence-electron chi connectivity index (χ2n) is 5.54. The van der Waals surface area contributed by atoms with Crippen LogP contribution in [0.1, 0.15) is 16.1 Å². The van der Waals surface area contributed by atoms with Crippen LogP contribution in [0.4, 0.5) is 10.8 Å². The molecule has 7 heteroatoms. The highest BCUT2D eigenvalue weighted by atomic mass is 32.1. The maximum Gasteiger partial charge on any atom is 0.231 e. The van der Waals surface area contributed by atoms with Gasteiger partial charge in [0.15, 0.2) is 5.13 Å². The standard InChI is InChI=1S/C18H17N3O2S2/c1-12-4-6-13(7-5-12)19-16(22)9-14-11-25-18(20-14)21-17(23)10-15-3-2-8-24-15/h2-8,11H,9-10H2,1H3,(H,19,22)(H,20,21,23). The number of nitrogens with one attached hydrogen (secondary N) is 2. The van der Waals surface area contributed by atoms with Crippen molar-refractivity contribution in [2.45, 2.75) is 19.8 Å². The van der Waals surface area contributed by atoms with E-state index in [2.05, 4.69) is 15.6 Å². The van der Waals surface area contributed by atoms with Crippen molar-refractivity contribution in [2.24, 2.45) is 0 Å². The van der Waals surface area contributed by atoms with E-state index in [-0.39, 0.29) is 18.2 Å². The Bertz CT molecular complexity index is 855. The molecule has 0 atom stereocenters. The molecule has 5 nitrogen and oxygen atoms in total. The van der Waals surface area contributed by atoms with Crippen molar-refractivity contribution in [1.82, 2.24) is 4.98 Å². The second-order valence-corrected chi connectivity index (χ2v) is 7.43. The molecule has 0 saturated carbocycles. The Kier molecular flexibility index (Phi) is 5.57. The van der Waals surface area contributed by atoms with Gasteiger partial charge in [0.05, 0.1) is 18.5 Å². The van der Waals surface area contributed by atoms with Crippen molar-refractivity contribution in [3.63, 3.8) is 0 Å². The number of hydrogen-bond acceptors (Lipinski definition) is 5. The lowest BCUT2D eigenvalue weighted by atomic mass is 10.2. The molecule has 3 rings (SSSR count). The fourth-order valence-electron chi connectivity index (χ4n) is 2.19. The number of aromatic nitrogens is 1. The van der Waals surface area contributed by atoms with E-state index in [1.807, 2.05) is 48.7 Å². The zero-order valence-corrected chi connectivity index (χ0v) is 15.2. The van der Waals surface area contributed by atoms with Gasteiger partial charge in [0, 0.05) is 15.9 Å². The number of amides is 2. The van der Waals surface area contributed by atoms with Crippen LogP contribution < -0.4 is 10.6 Å². The number of carbonyl (C=O) groups excluding carboxylic acids is 2. The number of thiophene rings is 1. The van der Waals surface area contributed by atoms with Gasteiger partial charge in [-0.15, -0.1) is 22.7 Å². The molecule has 0 spiro atoms. The number of anilines is 2.